The molecule has 1 heterocycles. The zero-order valence-corrected chi connectivity index (χ0v) is 20.4. The summed E-state index contributed by atoms with van der Waals surface area (Å²) in [4.78, 5) is 12.5. The lowest BCUT2D eigenvalue weighted by atomic mass is 9.83. The topological polar surface area (TPSA) is 35.5 Å². The maximum atomic E-state index is 12.5. The molecule has 0 saturated heterocycles. The summed E-state index contributed by atoms with van der Waals surface area (Å²) in [6, 6.07) is 0. The van der Waals surface area contributed by atoms with Crippen LogP contribution in [0, 0.1) is 38.0 Å². The van der Waals surface area contributed by atoms with Crippen molar-refractivity contribution in [2.45, 2.75) is 107 Å². The number of benzene rings is 1. The van der Waals surface area contributed by atoms with Crippen molar-refractivity contribution in [2.24, 2.45) is 17.3 Å². The summed E-state index contributed by atoms with van der Waals surface area (Å²) >= 11 is 0. The third kappa shape index (κ3) is 5.35. The van der Waals surface area contributed by atoms with Crippen molar-refractivity contribution in [1.82, 2.24) is 0 Å². The quantitative estimate of drug-likeness (QED) is 0.376. The highest BCUT2D eigenvalue weighted by Crippen LogP contribution is 2.45. The third-order valence-electron chi connectivity index (χ3n) is 6.87. The molecule has 2 atom stereocenters. The molecule has 3 heteroatoms. The highest BCUT2D eigenvalue weighted by atomic mass is 16.5. The minimum Gasteiger partial charge on any atom is -0.487 e. The number of carbonyl (C=O) groups is 1. The van der Waals surface area contributed by atoms with Gasteiger partial charge in [0.2, 0.25) is 0 Å². The molecule has 164 valence electrons. The van der Waals surface area contributed by atoms with Crippen LogP contribution in [0.5, 0.6) is 11.5 Å². The van der Waals surface area contributed by atoms with Crippen LogP contribution in [0.3, 0.4) is 0 Å². The predicted molar refractivity (Wildman–Crippen MR) is 121 cm³/mol. The van der Waals surface area contributed by atoms with E-state index in [0.29, 0.717) is 0 Å². The van der Waals surface area contributed by atoms with Crippen LogP contribution in [0.15, 0.2) is 0 Å². The Balaban J connectivity index is 2.24. The number of esters is 1. The molecule has 1 aromatic carbocycles. The summed E-state index contributed by atoms with van der Waals surface area (Å²) < 4.78 is 12.5. The van der Waals surface area contributed by atoms with E-state index in [1.807, 2.05) is 27.7 Å². The standard InChI is InChI=1S/C26H42O3/c1-16(2)17(3)12-11-14-26(10)15-13-21-20(6)22(28-24(27)25(7,8)9)18(4)19(5)23(21)29-26/h16-17H,11-15H2,1-10H3. The molecule has 3 nitrogen and oxygen atoms in total. The molecule has 0 saturated carbocycles. The highest BCUT2D eigenvalue weighted by Gasteiger charge is 2.35. The number of carbonyl (C=O) groups excluding carboxylic acids is 1. The maximum Gasteiger partial charge on any atom is 0.316 e. The Morgan fingerprint density at radius 1 is 1.10 bits per heavy atom. The molecule has 0 amide bonds. The summed E-state index contributed by atoms with van der Waals surface area (Å²) in [5.41, 5.74) is 3.73. The molecule has 0 fully saturated rings. The van der Waals surface area contributed by atoms with Crippen LogP contribution in [0.25, 0.3) is 0 Å². The molecule has 1 aliphatic heterocycles. The Morgan fingerprint density at radius 2 is 1.72 bits per heavy atom. The van der Waals surface area contributed by atoms with Crippen molar-refractivity contribution in [2.75, 3.05) is 0 Å². The van der Waals surface area contributed by atoms with Gasteiger partial charge in [0, 0.05) is 5.56 Å². The molecular formula is C26H42O3. The van der Waals surface area contributed by atoms with Crippen molar-refractivity contribution in [1.29, 1.82) is 0 Å². The lowest BCUT2D eigenvalue weighted by Crippen LogP contribution is -2.37. The first-order chi connectivity index (χ1) is 13.3. The number of hydrogen-bond donors (Lipinski definition) is 0. The first-order valence-corrected chi connectivity index (χ1v) is 11.3. The summed E-state index contributed by atoms with van der Waals surface area (Å²) in [7, 11) is 0. The van der Waals surface area contributed by atoms with Crippen molar-refractivity contribution < 1.29 is 14.3 Å². The van der Waals surface area contributed by atoms with Gasteiger partial charge in [0.05, 0.1) is 5.41 Å². The lowest BCUT2D eigenvalue weighted by molar-refractivity contribution is -0.143. The maximum absolute atomic E-state index is 12.5. The summed E-state index contributed by atoms with van der Waals surface area (Å²) in [6.45, 7) is 21.1. The van der Waals surface area contributed by atoms with E-state index in [1.54, 1.807) is 0 Å². The van der Waals surface area contributed by atoms with Crippen molar-refractivity contribution in [3.8, 4) is 11.5 Å². The first kappa shape index (κ1) is 23.8. The van der Waals surface area contributed by atoms with E-state index < -0.39 is 5.41 Å². The van der Waals surface area contributed by atoms with Gasteiger partial charge >= 0.3 is 5.97 Å². The van der Waals surface area contributed by atoms with Crippen molar-refractivity contribution in [3.63, 3.8) is 0 Å². The van der Waals surface area contributed by atoms with Crippen LogP contribution in [0.1, 0.15) is 96.4 Å². The van der Waals surface area contributed by atoms with Crippen LogP contribution >= 0.6 is 0 Å². The lowest BCUT2D eigenvalue weighted by Gasteiger charge is -2.38. The van der Waals surface area contributed by atoms with Crippen LogP contribution in [-0.2, 0) is 11.2 Å². The SMILES string of the molecule is Cc1c(C)c2c(c(C)c1OC(=O)C(C)(C)C)CCC(C)(CCCC(C)C(C)C)O2. The van der Waals surface area contributed by atoms with E-state index in [1.165, 1.54) is 18.4 Å². The number of fused-ring (bicyclic) bond motifs is 1. The van der Waals surface area contributed by atoms with Gasteiger partial charge in [0.15, 0.2) is 0 Å². The van der Waals surface area contributed by atoms with E-state index in [9.17, 15) is 4.79 Å². The van der Waals surface area contributed by atoms with Crippen molar-refractivity contribution >= 4 is 5.97 Å². The Hall–Kier alpha value is -1.51. The summed E-state index contributed by atoms with van der Waals surface area (Å²) in [5.74, 6) is 3.03. The third-order valence-corrected chi connectivity index (χ3v) is 6.87. The van der Waals surface area contributed by atoms with Crippen LogP contribution in [0.2, 0.25) is 0 Å². The molecule has 0 aromatic heterocycles. The van der Waals surface area contributed by atoms with Gasteiger partial charge in [0.1, 0.15) is 17.1 Å². The van der Waals surface area contributed by atoms with Gasteiger partial charge < -0.3 is 9.47 Å². The Bertz CT molecular complexity index is 754. The fraction of sp³-hybridized carbons (Fsp3) is 0.731. The molecule has 0 bridgehead atoms. The largest absolute Gasteiger partial charge is 0.487 e. The molecule has 1 aromatic rings. The number of rotatable bonds is 6. The summed E-state index contributed by atoms with van der Waals surface area (Å²) in [6.07, 6.45) is 5.51. The van der Waals surface area contributed by atoms with Gasteiger partial charge in [-0.1, -0.05) is 27.2 Å². The Morgan fingerprint density at radius 3 is 2.28 bits per heavy atom. The van der Waals surface area contributed by atoms with Crippen LogP contribution in [-0.4, -0.2) is 11.6 Å². The summed E-state index contributed by atoms with van der Waals surface area (Å²) in [5, 5.41) is 0. The molecule has 1 aliphatic rings. The fourth-order valence-electron chi connectivity index (χ4n) is 3.99. The fourth-order valence-corrected chi connectivity index (χ4v) is 3.99. The van der Waals surface area contributed by atoms with E-state index >= 15 is 0 Å². The van der Waals surface area contributed by atoms with Gasteiger partial charge in [-0.3, -0.25) is 4.79 Å². The molecular weight excluding hydrogens is 360 g/mol. The highest BCUT2D eigenvalue weighted by molar-refractivity contribution is 5.79. The normalized spacial score (nSPS) is 20.2. The predicted octanol–water partition coefficient (Wildman–Crippen LogP) is 7.11. The van der Waals surface area contributed by atoms with E-state index in [4.69, 9.17) is 9.47 Å². The number of hydrogen-bond acceptors (Lipinski definition) is 3. The number of ether oxygens (including phenoxy) is 2. The Kier molecular flexibility index (Phi) is 7.13. The second-order valence-electron chi connectivity index (χ2n) is 10.8. The average Bonchev–Trinajstić information content (AvgIpc) is 2.62. The molecule has 0 radical (unpaired) electrons. The molecule has 0 spiro atoms. The molecule has 2 rings (SSSR count). The van der Waals surface area contributed by atoms with E-state index in [0.717, 1.165) is 59.3 Å². The smallest absolute Gasteiger partial charge is 0.316 e. The van der Waals surface area contributed by atoms with Gasteiger partial charge in [-0.15, -0.1) is 0 Å². The van der Waals surface area contributed by atoms with Crippen LogP contribution in [0.4, 0.5) is 0 Å². The van der Waals surface area contributed by atoms with E-state index in [2.05, 4.69) is 41.5 Å². The van der Waals surface area contributed by atoms with Crippen LogP contribution < -0.4 is 9.47 Å². The second kappa shape index (κ2) is 8.70. The first-order valence-electron chi connectivity index (χ1n) is 11.3. The monoisotopic (exact) mass is 402 g/mol. The zero-order valence-electron chi connectivity index (χ0n) is 20.4. The minimum atomic E-state index is -0.523. The van der Waals surface area contributed by atoms with E-state index in [-0.39, 0.29) is 11.6 Å². The van der Waals surface area contributed by atoms with Gasteiger partial charge in [-0.2, -0.15) is 0 Å². The van der Waals surface area contributed by atoms with Gasteiger partial charge in [-0.05, 0) is 103 Å². The van der Waals surface area contributed by atoms with Crippen molar-refractivity contribution in [3.05, 3.63) is 22.3 Å². The molecule has 29 heavy (non-hydrogen) atoms. The minimum absolute atomic E-state index is 0.114. The molecule has 0 N–H and O–H groups in total. The van der Waals surface area contributed by atoms with Gasteiger partial charge in [0.25, 0.3) is 0 Å². The molecule has 0 aliphatic carbocycles. The average molecular weight is 403 g/mol. The van der Waals surface area contributed by atoms with Gasteiger partial charge in [-0.25, -0.2) is 0 Å². The second-order valence-corrected chi connectivity index (χ2v) is 10.8. The molecule has 2 unspecified atom stereocenters. The zero-order chi connectivity index (χ0) is 22.1. The Labute approximate surface area is 178 Å².